The van der Waals surface area contributed by atoms with Gasteiger partial charge in [-0.15, -0.1) is 0 Å². The van der Waals surface area contributed by atoms with Crippen molar-refractivity contribution in [3.8, 4) is 0 Å². The van der Waals surface area contributed by atoms with E-state index in [2.05, 4.69) is 4.90 Å². The van der Waals surface area contributed by atoms with E-state index in [1.807, 2.05) is 16.7 Å². The van der Waals surface area contributed by atoms with Crippen molar-refractivity contribution < 1.29 is 13.2 Å². The molecule has 2 fully saturated rings. The molecule has 1 amide bonds. The summed E-state index contributed by atoms with van der Waals surface area (Å²) in [5.41, 5.74) is 0. The summed E-state index contributed by atoms with van der Waals surface area (Å²) in [6.45, 7) is 3.84. The summed E-state index contributed by atoms with van der Waals surface area (Å²) in [4.78, 5) is 16.9. The number of thioether (sulfide) groups is 1. The van der Waals surface area contributed by atoms with Crippen LogP contribution in [0.3, 0.4) is 0 Å². The Morgan fingerprint density at radius 3 is 2.55 bits per heavy atom. The van der Waals surface area contributed by atoms with E-state index in [-0.39, 0.29) is 18.5 Å². The Bertz CT molecular complexity index is 478. The first-order chi connectivity index (χ1) is 10.4. The zero-order chi connectivity index (χ0) is 16.2. The highest BCUT2D eigenvalue weighted by Crippen LogP contribution is 2.19. The summed E-state index contributed by atoms with van der Waals surface area (Å²) in [6.07, 6.45) is 4.60. The van der Waals surface area contributed by atoms with Crippen molar-refractivity contribution in [2.24, 2.45) is 0 Å². The summed E-state index contributed by atoms with van der Waals surface area (Å²) in [7, 11) is -1.85. The third-order valence-corrected chi connectivity index (χ3v) is 6.81. The molecule has 0 bridgehead atoms. The molecular formula is C14H27N3O3S2. The fourth-order valence-corrected chi connectivity index (χ4v) is 4.37. The minimum atomic E-state index is -3.32. The van der Waals surface area contributed by atoms with E-state index in [0.717, 1.165) is 54.7 Å². The van der Waals surface area contributed by atoms with Gasteiger partial charge in [0.25, 0.3) is 0 Å². The number of carbonyl (C=O) groups is 1. The van der Waals surface area contributed by atoms with Crippen molar-refractivity contribution in [3.63, 3.8) is 0 Å². The Hall–Kier alpha value is -0.310. The second-order valence-electron chi connectivity index (χ2n) is 6.20. The summed E-state index contributed by atoms with van der Waals surface area (Å²) in [5.74, 6) is 1.95. The number of amides is 1. The second-order valence-corrected chi connectivity index (χ2v) is 9.44. The average Bonchev–Trinajstić information content (AvgIpc) is 2.82. The fraction of sp³-hybridized carbons (Fsp3) is 0.929. The Labute approximate surface area is 138 Å². The molecule has 0 aliphatic carbocycles. The van der Waals surface area contributed by atoms with Gasteiger partial charge < -0.3 is 9.80 Å². The van der Waals surface area contributed by atoms with E-state index < -0.39 is 10.0 Å². The van der Waals surface area contributed by atoms with E-state index in [4.69, 9.17) is 0 Å². The van der Waals surface area contributed by atoms with Crippen LogP contribution in [0.4, 0.5) is 0 Å². The van der Waals surface area contributed by atoms with Crippen LogP contribution in [0.2, 0.25) is 0 Å². The molecule has 2 aliphatic rings. The van der Waals surface area contributed by atoms with Crippen molar-refractivity contribution >= 4 is 27.7 Å². The highest BCUT2D eigenvalue weighted by molar-refractivity contribution is 7.99. The molecule has 1 atom stereocenters. The smallest absolute Gasteiger partial charge is 0.238 e. The van der Waals surface area contributed by atoms with Crippen molar-refractivity contribution in [2.75, 3.05) is 57.5 Å². The molecule has 128 valence electrons. The standard InChI is InChI=1S/C14H27N3O3S2/c1-15(22(2,19)20)11-14(18)17-8-5-9-21-12-13(17)10-16-6-3-4-7-16/h13H,3-12H2,1-2H3/t13-/m0/s1. The zero-order valence-electron chi connectivity index (χ0n) is 13.5. The molecule has 2 saturated heterocycles. The molecule has 22 heavy (non-hydrogen) atoms. The normalized spacial score (nSPS) is 24.7. The quantitative estimate of drug-likeness (QED) is 0.715. The highest BCUT2D eigenvalue weighted by Gasteiger charge is 2.29. The first-order valence-electron chi connectivity index (χ1n) is 7.89. The molecular weight excluding hydrogens is 322 g/mol. The Balaban J connectivity index is 2.00. The molecule has 0 radical (unpaired) electrons. The molecule has 2 aliphatic heterocycles. The van der Waals surface area contributed by atoms with Gasteiger partial charge in [0.15, 0.2) is 0 Å². The predicted octanol–water partition coefficient (Wildman–Crippen LogP) is 0.308. The fourth-order valence-electron chi connectivity index (χ4n) is 2.97. The van der Waals surface area contributed by atoms with Crippen molar-refractivity contribution in [1.82, 2.24) is 14.1 Å². The number of hydrogen-bond donors (Lipinski definition) is 0. The van der Waals surface area contributed by atoms with Gasteiger partial charge >= 0.3 is 0 Å². The van der Waals surface area contributed by atoms with Crippen LogP contribution in [0, 0.1) is 0 Å². The maximum absolute atomic E-state index is 12.6. The Morgan fingerprint density at radius 2 is 1.91 bits per heavy atom. The maximum Gasteiger partial charge on any atom is 0.238 e. The van der Waals surface area contributed by atoms with Crippen molar-refractivity contribution in [2.45, 2.75) is 25.3 Å². The van der Waals surface area contributed by atoms with Gasteiger partial charge in [0.1, 0.15) is 0 Å². The summed E-state index contributed by atoms with van der Waals surface area (Å²) >= 11 is 1.90. The van der Waals surface area contributed by atoms with Gasteiger partial charge in [0, 0.05) is 25.9 Å². The molecule has 0 saturated carbocycles. The van der Waals surface area contributed by atoms with Gasteiger partial charge in [-0.1, -0.05) is 0 Å². The number of nitrogens with zero attached hydrogens (tertiary/aromatic N) is 3. The third kappa shape index (κ3) is 5.11. The molecule has 0 N–H and O–H groups in total. The minimum absolute atomic E-state index is 0.0556. The van der Waals surface area contributed by atoms with Crippen LogP contribution in [0.1, 0.15) is 19.3 Å². The SMILES string of the molecule is CN(CC(=O)N1CCCSC[C@@H]1CN1CCCC1)S(C)(=O)=O. The minimum Gasteiger partial charge on any atom is -0.336 e. The molecule has 6 nitrogen and oxygen atoms in total. The molecule has 0 aromatic carbocycles. The average molecular weight is 350 g/mol. The van der Waals surface area contributed by atoms with Crippen LogP contribution in [0.25, 0.3) is 0 Å². The largest absolute Gasteiger partial charge is 0.336 e. The summed E-state index contributed by atoms with van der Waals surface area (Å²) in [5, 5.41) is 0. The van der Waals surface area contributed by atoms with Gasteiger partial charge in [-0.25, -0.2) is 8.42 Å². The van der Waals surface area contributed by atoms with Crippen LogP contribution < -0.4 is 0 Å². The summed E-state index contributed by atoms with van der Waals surface area (Å²) in [6, 6.07) is 0.200. The Morgan fingerprint density at radius 1 is 1.23 bits per heavy atom. The lowest BCUT2D eigenvalue weighted by molar-refractivity contribution is -0.133. The predicted molar refractivity (Wildman–Crippen MR) is 90.6 cm³/mol. The van der Waals surface area contributed by atoms with Gasteiger partial charge in [0.2, 0.25) is 15.9 Å². The second kappa shape index (κ2) is 7.99. The van der Waals surface area contributed by atoms with Crippen LogP contribution in [-0.4, -0.2) is 92.0 Å². The van der Waals surface area contributed by atoms with Crippen LogP contribution in [0.15, 0.2) is 0 Å². The van der Waals surface area contributed by atoms with Crippen molar-refractivity contribution in [1.29, 1.82) is 0 Å². The van der Waals surface area contributed by atoms with Crippen LogP contribution in [0.5, 0.6) is 0 Å². The van der Waals surface area contributed by atoms with Crippen LogP contribution >= 0.6 is 11.8 Å². The summed E-state index contributed by atoms with van der Waals surface area (Å²) < 4.78 is 24.2. The number of rotatable bonds is 5. The van der Waals surface area contributed by atoms with E-state index in [1.54, 1.807) is 0 Å². The number of likely N-dealkylation sites (N-methyl/N-ethyl adjacent to an activating group) is 1. The first kappa shape index (κ1) is 18.0. The van der Waals surface area contributed by atoms with E-state index in [1.165, 1.54) is 19.9 Å². The van der Waals surface area contributed by atoms with Gasteiger partial charge in [-0.2, -0.15) is 16.1 Å². The van der Waals surface area contributed by atoms with Gasteiger partial charge in [-0.3, -0.25) is 4.79 Å². The van der Waals surface area contributed by atoms with Crippen molar-refractivity contribution in [3.05, 3.63) is 0 Å². The van der Waals surface area contributed by atoms with Crippen LogP contribution in [-0.2, 0) is 14.8 Å². The highest BCUT2D eigenvalue weighted by atomic mass is 32.2. The molecule has 8 heteroatoms. The molecule has 0 aromatic rings. The maximum atomic E-state index is 12.6. The lowest BCUT2D eigenvalue weighted by atomic mass is 10.2. The van der Waals surface area contributed by atoms with E-state index in [0.29, 0.717) is 0 Å². The van der Waals surface area contributed by atoms with Gasteiger partial charge in [-0.05, 0) is 38.1 Å². The lowest BCUT2D eigenvalue weighted by Gasteiger charge is -2.33. The Kier molecular flexibility index (Phi) is 6.55. The molecule has 2 rings (SSSR count). The number of sulfonamides is 1. The molecule has 0 unspecified atom stereocenters. The zero-order valence-corrected chi connectivity index (χ0v) is 15.2. The molecule has 2 heterocycles. The molecule has 0 aromatic heterocycles. The van der Waals surface area contributed by atoms with Gasteiger partial charge in [0.05, 0.1) is 18.8 Å². The topological polar surface area (TPSA) is 60.9 Å². The number of carbonyl (C=O) groups excluding carboxylic acids is 1. The monoisotopic (exact) mass is 349 g/mol. The van der Waals surface area contributed by atoms with E-state index in [9.17, 15) is 13.2 Å². The lowest BCUT2D eigenvalue weighted by Crippen LogP contribution is -2.50. The third-order valence-electron chi connectivity index (χ3n) is 4.35. The van der Waals surface area contributed by atoms with E-state index >= 15 is 0 Å². The number of likely N-dealkylation sites (tertiary alicyclic amines) is 1. The number of hydrogen-bond acceptors (Lipinski definition) is 5. The first-order valence-corrected chi connectivity index (χ1v) is 10.9. The molecule has 0 spiro atoms.